The van der Waals surface area contributed by atoms with E-state index in [1.165, 1.54) is 0 Å². The van der Waals surface area contributed by atoms with Crippen molar-refractivity contribution in [2.24, 2.45) is 14.1 Å². The van der Waals surface area contributed by atoms with Crippen molar-refractivity contribution >= 4 is 37.8 Å². The maximum atomic E-state index is 12.5. The Kier molecular flexibility index (Phi) is 4.33. The van der Waals surface area contributed by atoms with Gasteiger partial charge in [0.25, 0.3) is 5.91 Å². The molecule has 2 aromatic rings. The van der Waals surface area contributed by atoms with Crippen LogP contribution in [0.4, 0.5) is 0 Å². The molecule has 0 radical (unpaired) electrons. The topological polar surface area (TPSA) is 56.0 Å². The first-order chi connectivity index (χ1) is 9.32. The zero-order valence-corrected chi connectivity index (χ0v) is 14.9. The molecule has 1 amide bonds. The number of rotatable bonds is 3. The van der Waals surface area contributed by atoms with Crippen LogP contribution in [-0.2, 0) is 20.6 Å². The van der Waals surface area contributed by atoms with E-state index in [0.29, 0.717) is 12.2 Å². The standard InChI is InChI=1S/C12H15Br2N5O/c1-7-10(14)11(16-18(7)3)12(20)17(2)6-9-8(13)5-15-19(9)4/h5H,6H2,1-4H3. The van der Waals surface area contributed by atoms with Crippen molar-refractivity contribution in [1.29, 1.82) is 0 Å². The molecule has 0 unspecified atom stereocenters. The van der Waals surface area contributed by atoms with Crippen molar-refractivity contribution in [3.63, 3.8) is 0 Å². The minimum atomic E-state index is -0.131. The number of carbonyl (C=O) groups is 1. The Balaban J connectivity index is 2.23. The van der Waals surface area contributed by atoms with Crippen LogP contribution in [0.2, 0.25) is 0 Å². The monoisotopic (exact) mass is 403 g/mol. The summed E-state index contributed by atoms with van der Waals surface area (Å²) in [6.07, 6.45) is 1.72. The fraction of sp³-hybridized carbons (Fsp3) is 0.417. The summed E-state index contributed by atoms with van der Waals surface area (Å²) in [7, 11) is 5.41. The van der Waals surface area contributed by atoms with Crippen LogP contribution >= 0.6 is 31.9 Å². The Bertz CT molecular complexity index is 642. The summed E-state index contributed by atoms with van der Waals surface area (Å²) in [6, 6.07) is 0. The van der Waals surface area contributed by atoms with Gasteiger partial charge in [-0.3, -0.25) is 14.2 Å². The third-order valence-electron chi connectivity index (χ3n) is 3.21. The largest absolute Gasteiger partial charge is 0.334 e. The highest BCUT2D eigenvalue weighted by Crippen LogP contribution is 2.22. The van der Waals surface area contributed by atoms with Gasteiger partial charge in [0.05, 0.1) is 33.1 Å². The van der Waals surface area contributed by atoms with Crippen molar-refractivity contribution < 1.29 is 4.79 Å². The first kappa shape index (κ1) is 15.2. The molecule has 2 aromatic heterocycles. The lowest BCUT2D eigenvalue weighted by molar-refractivity contribution is 0.0774. The van der Waals surface area contributed by atoms with Crippen molar-refractivity contribution in [1.82, 2.24) is 24.5 Å². The third-order valence-corrected chi connectivity index (χ3v) is 4.82. The van der Waals surface area contributed by atoms with E-state index in [0.717, 1.165) is 20.3 Å². The number of amides is 1. The van der Waals surface area contributed by atoms with Gasteiger partial charge in [-0.25, -0.2) is 0 Å². The van der Waals surface area contributed by atoms with Crippen molar-refractivity contribution in [2.45, 2.75) is 13.5 Å². The van der Waals surface area contributed by atoms with Gasteiger partial charge in [0, 0.05) is 21.1 Å². The van der Waals surface area contributed by atoms with E-state index in [1.54, 1.807) is 27.5 Å². The number of hydrogen-bond acceptors (Lipinski definition) is 3. The number of hydrogen-bond donors (Lipinski definition) is 0. The molecule has 0 spiro atoms. The maximum absolute atomic E-state index is 12.5. The van der Waals surface area contributed by atoms with Gasteiger partial charge in [0.2, 0.25) is 0 Å². The van der Waals surface area contributed by atoms with Gasteiger partial charge >= 0.3 is 0 Å². The minimum Gasteiger partial charge on any atom is -0.334 e. The highest BCUT2D eigenvalue weighted by molar-refractivity contribution is 9.10. The average molecular weight is 405 g/mol. The van der Waals surface area contributed by atoms with Gasteiger partial charge in [0.1, 0.15) is 0 Å². The van der Waals surface area contributed by atoms with Crippen LogP contribution in [0, 0.1) is 6.92 Å². The molecular weight excluding hydrogens is 390 g/mol. The zero-order chi connectivity index (χ0) is 15.0. The molecule has 0 fully saturated rings. The van der Waals surface area contributed by atoms with E-state index in [9.17, 15) is 4.79 Å². The van der Waals surface area contributed by atoms with Gasteiger partial charge in [0.15, 0.2) is 5.69 Å². The third kappa shape index (κ3) is 2.67. The van der Waals surface area contributed by atoms with Crippen LogP contribution in [0.15, 0.2) is 15.1 Å². The van der Waals surface area contributed by atoms with Gasteiger partial charge in [-0.15, -0.1) is 0 Å². The predicted octanol–water partition coefficient (Wildman–Crippen LogP) is 2.26. The molecular formula is C12H15Br2N5O. The number of aryl methyl sites for hydroxylation is 2. The Morgan fingerprint density at radius 3 is 2.45 bits per heavy atom. The van der Waals surface area contributed by atoms with Crippen LogP contribution in [0.3, 0.4) is 0 Å². The Morgan fingerprint density at radius 1 is 1.35 bits per heavy atom. The summed E-state index contributed by atoms with van der Waals surface area (Å²) in [5.41, 5.74) is 2.28. The molecule has 0 bridgehead atoms. The molecule has 2 rings (SSSR count). The van der Waals surface area contributed by atoms with Crippen LogP contribution in [0.25, 0.3) is 0 Å². The molecule has 0 aliphatic carbocycles. The second-order valence-electron chi connectivity index (χ2n) is 4.60. The number of halogens is 2. The lowest BCUT2D eigenvalue weighted by Crippen LogP contribution is -2.28. The van der Waals surface area contributed by atoms with E-state index in [1.807, 2.05) is 21.0 Å². The van der Waals surface area contributed by atoms with Crippen molar-refractivity contribution in [3.8, 4) is 0 Å². The number of aromatic nitrogens is 4. The number of nitrogens with zero attached hydrogens (tertiary/aromatic N) is 5. The van der Waals surface area contributed by atoms with E-state index in [4.69, 9.17) is 0 Å². The van der Waals surface area contributed by atoms with Gasteiger partial charge in [-0.2, -0.15) is 10.2 Å². The van der Waals surface area contributed by atoms with Crippen LogP contribution in [-0.4, -0.2) is 37.4 Å². The molecule has 20 heavy (non-hydrogen) atoms. The summed E-state index contributed by atoms with van der Waals surface area (Å²) in [6.45, 7) is 2.36. The lowest BCUT2D eigenvalue weighted by atomic mass is 10.3. The summed E-state index contributed by atoms with van der Waals surface area (Å²) in [5.74, 6) is -0.131. The Morgan fingerprint density at radius 2 is 2.00 bits per heavy atom. The zero-order valence-electron chi connectivity index (χ0n) is 11.7. The van der Waals surface area contributed by atoms with Crippen LogP contribution < -0.4 is 0 Å². The smallest absolute Gasteiger partial charge is 0.275 e. The molecule has 0 saturated heterocycles. The molecule has 0 saturated carbocycles. The predicted molar refractivity (Wildman–Crippen MR) is 82.4 cm³/mol. The molecule has 0 N–H and O–H groups in total. The summed E-state index contributed by atoms with van der Waals surface area (Å²) >= 11 is 6.85. The Labute approximate surface area is 134 Å². The molecule has 0 aliphatic rings. The molecule has 2 heterocycles. The SMILES string of the molecule is Cc1c(Br)c(C(=O)N(C)Cc2c(Br)cnn2C)nn1C. The highest BCUT2D eigenvalue weighted by atomic mass is 79.9. The molecule has 0 aliphatic heterocycles. The quantitative estimate of drug-likeness (QED) is 0.788. The fourth-order valence-corrected chi connectivity index (χ4v) is 2.79. The fourth-order valence-electron chi connectivity index (χ4n) is 1.81. The van der Waals surface area contributed by atoms with Crippen molar-refractivity contribution in [3.05, 3.63) is 32.2 Å². The summed E-state index contributed by atoms with van der Waals surface area (Å²) in [4.78, 5) is 14.1. The highest BCUT2D eigenvalue weighted by Gasteiger charge is 2.22. The first-order valence-corrected chi connectivity index (χ1v) is 7.52. The van der Waals surface area contributed by atoms with E-state index >= 15 is 0 Å². The van der Waals surface area contributed by atoms with Crippen LogP contribution in [0.1, 0.15) is 21.9 Å². The molecule has 6 nitrogen and oxygen atoms in total. The minimum absolute atomic E-state index is 0.131. The molecule has 8 heteroatoms. The molecule has 0 atom stereocenters. The second kappa shape index (κ2) is 5.69. The summed E-state index contributed by atoms with van der Waals surface area (Å²) < 4.78 is 5.05. The Hall–Kier alpha value is -1.15. The summed E-state index contributed by atoms with van der Waals surface area (Å²) in [5, 5.41) is 8.39. The van der Waals surface area contributed by atoms with E-state index < -0.39 is 0 Å². The van der Waals surface area contributed by atoms with E-state index in [2.05, 4.69) is 42.1 Å². The average Bonchev–Trinajstić information content (AvgIpc) is 2.85. The first-order valence-electron chi connectivity index (χ1n) is 5.93. The molecule has 0 aromatic carbocycles. The maximum Gasteiger partial charge on any atom is 0.275 e. The second-order valence-corrected chi connectivity index (χ2v) is 6.24. The van der Waals surface area contributed by atoms with Gasteiger partial charge in [-0.1, -0.05) is 0 Å². The van der Waals surface area contributed by atoms with Gasteiger partial charge in [-0.05, 0) is 38.8 Å². The number of carbonyl (C=O) groups excluding carboxylic acids is 1. The lowest BCUT2D eigenvalue weighted by Gasteiger charge is -2.16. The van der Waals surface area contributed by atoms with Crippen molar-refractivity contribution in [2.75, 3.05) is 7.05 Å². The molecule has 108 valence electrons. The van der Waals surface area contributed by atoms with E-state index in [-0.39, 0.29) is 5.91 Å². The van der Waals surface area contributed by atoms with Crippen LogP contribution in [0.5, 0.6) is 0 Å². The van der Waals surface area contributed by atoms with Gasteiger partial charge < -0.3 is 4.90 Å². The normalized spacial score (nSPS) is 10.9.